The van der Waals surface area contributed by atoms with Crippen LogP contribution >= 0.6 is 0 Å². The maximum atomic E-state index is 10.5. The number of carbonyl (C=O) groups excluding carboxylic acids is 3. The summed E-state index contributed by atoms with van der Waals surface area (Å²) in [6, 6.07) is 0. The standard InChI is InChI=1S/3C16H30O2/c3*1-3-4-5-6-7-8-9-10-11-12-13-14-15-18-16(2)17/h10-11H,3-9,12-15H2,1-2H3;2*6-7H,3-5,8-15H2,1-2H3/b11-10-;2*7-6-. The quantitative estimate of drug-likeness (QED) is 0.0274. The van der Waals surface area contributed by atoms with Crippen LogP contribution < -0.4 is 0 Å². The van der Waals surface area contributed by atoms with E-state index in [0.717, 1.165) is 32.1 Å². The van der Waals surface area contributed by atoms with E-state index in [1.165, 1.54) is 181 Å². The van der Waals surface area contributed by atoms with Crippen LogP contribution in [0.5, 0.6) is 0 Å². The van der Waals surface area contributed by atoms with Gasteiger partial charge in [-0.3, -0.25) is 14.4 Å². The second kappa shape index (κ2) is 52.7. The highest BCUT2D eigenvalue weighted by Gasteiger charge is 1.96. The minimum Gasteiger partial charge on any atom is -0.466 e. The van der Waals surface area contributed by atoms with E-state index in [-0.39, 0.29) is 17.9 Å². The Bertz CT molecular complexity index is 800. The maximum absolute atomic E-state index is 10.5. The molecule has 6 nitrogen and oxygen atoms in total. The zero-order chi connectivity index (χ0) is 40.4. The van der Waals surface area contributed by atoms with Crippen LogP contribution in [0.15, 0.2) is 36.5 Å². The molecule has 0 amide bonds. The molecule has 0 aliphatic heterocycles. The Labute approximate surface area is 336 Å². The minimum atomic E-state index is -0.173. The lowest BCUT2D eigenvalue weighted by Gasteiger charge is -2.02. The zero-order valence-electron chi connectivity index (χ0n) is 36.7. The predicted molar refractivity (Wildman–Crippen MR) is 233 cm³/mol. The van der Waals surface area contributed by atoms with Gasteiger partial charge >= 0.3 is 17.9 Å². The first kappa shape index (κ1) is 56.0. The van der Waals surface area contributed by atoms with Gasteiger partial charge < -0.3 is 14.2 Å². The molecule has 54 heavy (non-hydrogen) atoms. The Morgan fingerprint density at radius 3 is 0.778 bits per heavy atom. The Morgan fingerprint density at radius 1 is 0.296 bits per heavy atom. The lowest BCUT2D eigenvalue weighted by molar-refractivity contribution is -0.142. The van der Waals surface area contributed by atoms with Gasteiger partial charge in [0.2, 0.25) is 0 Å². The summed E-state index contributed by atoms with van der Waals surface area (Å²) >= 11 is 0. The van der Waals surface area contributed by atoms with Gasteiger partial charge in [0.25, 0.3) is 0 Å². The van der Waals surface area contributed by atoms with Crippen molar-refractivity contribution in [2.24, 2.45) is 0 Å². The molecule has 0 aromatic carbocycles. The largest absolute Gasteiger partial charge is 0.466 e. The highest BCUT2D eigenvalue weighted by molar-refractivity contribution is 5.66. The fourth-order valence-electron chi connectivity index (χ4n) is 5.55. The molecule has 0 fully saturated rings. The van der Waals surface area contributed by atoms with Gasteiger partial charge in [-0.15, -0.1) is 0 Å². The van der Waals surface area contributed by atoms with Gasteiger partial charge in [-0.05, 0) is 83.5 Å². The number of rotatable bonds is 36. The molecule has 0 heterocycles. The molecule has 0 bridgehead atoms. The number of allylic oxidation sites excluding steroid dienone is 6. The summed E-state index contributed by atoms with van der Waals surface area (Å²) < 4.78 is 14.6. The van der Waals surface area contributed by atoms with Gasteiger partial charge in [-0.1, -0.05) is 166 Å². The molecule has 0 aliphatic carbocycles. The van der Waals surface area contributed by atoms with Crippen LogP contribution in [0.1, 0.15) is 234 Å². The summed E-state index contributed by atoms with van der Waals surface area (Å²) in [5.74, 6) is -0.497. The SMILES string of the molecule is CCCC/C=C\CCCCCCCCOC(C)=O.CCCC/C=C\CCCCCCCCOC(C)=O.CCCCCCCC/C=C\CCCCOC(C)=O. The number of unbranched alkanes of at least 4 members (excludes halogenated alkanes) is 24. The average molecular weight is 763 g/mol. The van der Waals surface area contributed by atoms with Gasteiger partial charge in [0.1, 0.15) is 0 Å². The van der Waals surface area contributed by atoms with Crippen LogP contribution in [0.4, 0.5) is 0 Å². The van der Waals surface area contributed by atoms with E-state index in [4.69, 9.17) is 14.2 Å². The monoisotopic (exact) mass is 763 g/mol. The number of hydrogen-bond acceptors (Lipinski definition) is 6. The van der Waals surface area contributed by atoms with Crippen molar-refractivity contribution in [3.8, 4) is 0 Å². The van der Waals surface area contributed by atoms with E-state index < -0.39 is 0 Å². The molecule has 0 spiro atoms. The fraction of sp³-hybridized carbons (Fsp3) is 0.812. The molecule has 6 heteroatoms. The van der Waals surface area contributed by atoms with E-state index in [9.17, 15) is 14.4 Å². The van der Waals surface area contributed by atoms with Crippen molar-refractivity contribution in [2.45, 2.75) is 234 Å². The van der Waals surface area contributed by atoms with Crippen molar-refractivity contribution in [1.29, 1.82) is 0 Å². The van der Waals surface area contributed by atoms with Gasteiger partial charge in [0.15, 0.2) is 0 Å². The molecule has 0 unspecified atom stereocenters. The Balaban J connectivity index is -0.000000722. The number of hydrogen-bond donors (Lipinski definition) is 0. The topological polar surface area (TPSA) is 78.9 Å². The highest BCUT2D eigenvalue weighted by Crippen LogP contribution is 2.10. The Morgan fingerprint density at radius 2 is 0.500 bits per heavy atom. The molecular formula is C48H90O6. The molecule has 0 atom stereocenters. The van der Waals surface area contributed by atoms with Crippen molar-refractivity contribution < 1.29 is 28.6 Å². The van der Waals surface area contributed by atoms with E-state index in [0.29, 0.717) is 19.8 Å². The molecule has 0 aromatic rings. The maximum Gasteiger partial charge on any atom is 0.302 e. The molecule has 0 saturated carbocycles. The van der Waals surface area contributed by atoms with E-state index >= 15 is 0 Å². The van der Waals surface area contributed by atoms with Crippen molar-refractivity contribution in [1.82, 2.24) is 0 Å². The van der Waals surface area contributed by atoms with Crippen LogP contribution in [-0.2, 0) is 28.6 Å². The normalized spacial score (nSPS) is 11.0. The first-order valence-electron chi connectivity index (χ1n) is 22.7. The summed E-state index contributed by atoms with van der Waals surface area (Å²) in [6.07, 6.45) is 51.4. The van der Waals surface area contributed by atoms with Crippen molar-refractivity contribution >= 4 is 17.9 Å². The second-order valence-electron chi connectivity index (χ2n) is 14.6. The van der Waals surface area contributed by atoms with Crippen molar-refractivity contribution in [2.75, 3.05) is 19.8 Å². The second-order valence-corrected chi connectivity index (χ2v) is 14.6. The zero-order valence-corrected chi connectivity index (χ0v) is 36.7. The van der Waals surface area contributed by atoms with Gasteiger partial charge in [0, 0.05) is 20.8 Å². The first-order chi connectivity index (χ1) is 26.3. The number of carbonyl (C=O) groups is 3. The average Bonchev–Trinajstić information content (AvgIpc) is 3.14. The van der Waals surface area contributed by atoms with E-state index in [2.05, 4.69) is 57.2 Å². The first-order valence-corrected chi connectivity index (χ1v) is 22.7. The van der Waals surface area contributed by atoms with Crippen LogP contribution in [0.2, 0.25) is 0 Å². The Kier molecular flexibility index (Phi) is 54.7. The molecule has 0 radical (unpaired) electrons. The molecule has 0 rings (SSSR count). The van der Waals surface area contributed by atoms with Crippen LogP contribution in [0.3, 0.4) is 0 Å². The minimum absolute atomic E-state index is 0.162. The lowest BCUT2D eigenvalue weighted by atomic mass is 10.1. The Hall–Kier alpha value is -2.37. The van der Waals surface area contributed by atoms with E-state index in [1.54, 1.807) is 0 Å². The number of ether oxygens (including phenoxy) is 3. The van der Waals surface area contributed by atoms with Gasteiger partial charge in [-0.2, -0.15) is 0 Å². The van der Waals surface area contributed by atoms with E-state index in [1.807, 2.05) is 0 Å². The molecule has 0 N–H and O–H groups in total. The number of esters is 3. The third-order valence-electron chi connectivity index (χ3n) is 8.88. The van der Waals surface area contributed by atoms with Crippen molar-refractivity contribution in [3.63, 3.8) is 0 Å². The summed E-state index contributed by atoms with van der Waals surface area (Å²) in [7, 11) is 0. The van der Waals surface area contributed by atoms with Crippen LogP contribution in [0, 0.1) is 0 Å². The molecule has 318 valence electrons. The molecule has 0 aliphatic rings. The smallest absolute Gasteiger partial charge is 0.302 e. The highest BCUT2D eigenvalue weighted by atomic mass is 16.5. The fourth-order valence-corrected chi connectivity index (χ4v) is 5.55. The molecular weight excluding hydrogens is 673 g/mol. The summed E-state index contributed by atoms with van der Waals surface area (Å²) in [5.41, 5.74) is 0. The van der Waals surface area contributed by atoms with Crippen LogP contribution in [0.25, 0.3) is 0 Å². The third kappa shape index (κ3) is 64.6. The van der Waals surface area contributed by atoms with Gasteiger partial charge in [-0.25, -0.2) is 0 Å². The lowest BCUT2D eigenvalue weighted by Crippen LogP contribution is -1.99. The summed E-state index contributed by atoms with van der Waals surface area (Å²) in [4.78, 5) is 31.5. The van der Waals surface area contributed by atoms with Crippen LogP contribution in [-0.4, -0.2) is 37.7 Å². The predicted octanol–water partition coefficient (Wildman–Crippen LogP) is 15.1. The van der Waals surface area contributed by atoms with Gasteiger partial charge in [0.05, 0.1) is 19.8 Å². The third-order valence-corrected chi connectivity index (χ3v) is 8.88. The molecule has 0 aromatic heterocycles. The molecule has 0 saturated heterocycles. The van der Waals surface area contributed by atoms with Crippen molar-refractivity contribution in [3.05, 3.63) is 36.5 Å². The summed E-state index contributed by atoms with van der Waals surface area (Å²) in [6.45, 7) is 12.9. The summed E-state index contributed by atoms with van der Waals surface area (Å²) in [5, 5.41) is 0.